The Morgan fingerprint density at radius 2 is 1.95 bits per heavy atom. The van der Waals surface area contributed by atoms with Crippen LogP contribution in [0.4, 0.5) is 0 Å². The summed E-state index contributed by atoms with van der Waals surface area (Å²) < 4.78 is 6.94. The smallest absolute Gasteiger partial charge is 0.276 e. The van der Waals surface area contributed by atoms with Crippen molar-refractivity contribution in [2.75, 3.05) is 13.2 Å². The van der Waals surface area contributed by atoms with Gasteiger partial charge in [0.2, 0.25) is 0 Å². The fourth-order valence-electron chi connectivity index (χ4n) is 2.54. The number of aromatic hydroxyl groups is 2. The molecule has 21 heavy (non-hydrogen) atoms. The van der Waals surface area contributed by atoms with Gasteiger partial charge in [-0.15, -0.1) is 12.8 Å². The topological polar surface area (TPSA) is 92.0 Å². The first-order valence-corrected chi connectivity index (χ1v) is 6.40. The van der Waals surface area contributed by atoms with Crippen molar-refractivity contribution in [1.29, 1.82) is 0 Å². The maximum atomic E-state index is 12.3. The zero-order chi connectivity index (χ0) is 15.7. The van der Waals surface area contributed by atoms with Gasteiger partial charge in [0.1, 0.15) is 0 Å². The molecule has 0 aliphatic carbocycles. The largest absolute Gasteiger partial charge is 0.503 e. The second-order valence-electron chi connectivity index (χ2n) is 5.04. The molecular weight excluding hydrogens is 276 g/mol. The molecule has 0 saturated carbocycles. The summed E-state index contributed by atoms with van der Waals surface area (Å²) in [5.41, 5.74) is -1.01. The van der Waals surface area contributed by atoms with E-state index < -0.39 is 29.1 Å². The highest BCUT2D eigenvalue weighted by atomic mass is 16.5. The molecule has 2 N–H and O–H groups in total. The average molecular weight is 292 g/mol. The number of pyridine rings is 1. The Kier molecular flexibility index (Phi) is 3.91. The van der Waals surface area contributed by atoms with Crippen LogP contribution in [-0.2, 0) is 11.3 Å². The monoisotopic (exact) mass is 292 g/mol. The zero-order valence-corrected chi connectivity index (χ0v) is 11.5. The first-order chi connectivity index (χ1) is 9.99. The van der Waals surface area contributed by atoms with Gasteiger partial charge in [-0.3, -0.25) is 9.59 Å². The van der Waals surface area contributed by atoms with E-state index in [1.807, 2.05) is 6.92 Å². The van der Waals surface area contributed by atoms with Gasteiger partial charge in [0, 0.05) is 6.54 Å². The highest BCUT2D eigenvalue weighted by Gasteiger charge is 2.39. The molecule has 3 rings (SSSR count). The predicted octanol–water partition coefficient (Wildman–Crippen LogP) is -0.0429. The van der Waals surface area contributed by atoms with Crippen LogP contribution in [0.5, 0.6) is 11.5 Å². The molecule has 0 spiro atoms. The van der Waals surface area contributed by atoms with Crippen LogP contribution >= 0.6 is 0 Å². The van der Waals surface area contributed by atoms with Crippen molar-refractivity contribution < 1.29 is 19.7 Å². The second kappa shape index (κ2) is 5.50. The summed E-state index contributed by atoms with van der Waals surface area (Å²) in [5, 5.41) is 19.2. The lowest BCUT2D eigenvalue weighted by Gasteiger charge is -2.42. The first kappa shape index (κ1) is 14.9. The Morgan fingerprint density at radius 1 is 1.29 bits per heavy atom. The predicted molar refractivity (Wildman–Crippen MR) is 73.9 cm³/mol. The Bertz CT molecular complexity index is 649. The summed E-state index contributed by atoms with van der Waals surface area (Å²) in [6.45, 7) is 3.33. The minimum absolute atomic E-state index is 0.0863. The molecule has 2 aliphatic rings. The maximum absolute atomic E-state index is 12.3. The van der Waals surface area contributed by atoms with Crippen LogP contribution in [0, 0.1) is 18.8 Å². The lowest BCUT2D eigenvalue weighted by molar-refractivity contribution is -0.111. The number of aromatic nitrogens is 1. The molecule has 7 heteroatoms. The fraction of sp³-hybridized carbons (Fsp3) is 0.429. The fourth-order valence-corrected chi connectivity index (χ4v) is 2.54. The van der Waals surface area contributed by atoms with E-state index in [4.69, 9.17) is 4.74 Å². The molecule has 2 atom stereocenters. The highest BCUT2D eigenvalue weighted by molar-refractivity contribution is 5.96. The van der Waals surface area contributed by atoms with E-state index in [-0.39, 0.29) is 18.2 Å². The van der Waals surface area contributed by atoms with Gasteiger partial charge in [0.25, 0.3) is 11.3 Å². The molecule has 112 valence electrons. The van der Waals surface area contributed by atoms with Crippen LogP contribution in [0.3, 0.4) is 0 Å². The van der Waals surface area contributed by atoms with Crippen LogP contribution in [0.25, 0.3) is 0 Å². The zero-order valence-electron chi connectivity index (χ0n) is 11.5. The highest BCUT2D eigenvalue weighted by Crippen LogP contribution is 2.28. The lowest BCUT2D eigenvalue weighted by atomic mass is 10.1. The summed E-state index contributed by atoms with van der Waals surface area (Å²) in [6.07, 6.45) is 8.74. The molecule has 1 aromatic rings. The van der Waals surface area contributed by atoms with E-state index in [0.29, 0.717) is 13.2 Å². The van der Waals surface area contributed by atoms with Crippen molar-refractivity contribution in [3.05, 3.63) is 22.1 Å². The number of terminal acetylenes is 1. The summed E-state index contributed by atoms with van der Waals surface area (Å²) in [5.74, 6) is -1.52. The van der Waals surface area contributed by atoms with Crippen LogP contribution < -0.4 is 5.43 Å². The number of carbonyl (C=O) groups excluding carboxylic acids is 1. The van der Waals surface area contributed by atoms with E-state index >= 15 is 0 Å². The van der Waals surface area contributed by atoms with Crippen LogP contribution in [0.15, 0.2) is 11.0 Å². The second-order valence-corrected chi connectivity index (χ2v) is 5.04. The number of ether oxygens (including phenoxy) is 1. The van der Waals surface area contributed by atoms with Crippen molar-refractivity contribution in [3.8, 4) is 24.3 Å². The van der Waals surface area contributed by atoms with Crippen LogP contribution in [0.2, 0.25) is 0 Å². The molecule has 2 aliphatic heterocycles. The third-order valence-electron chi connectivity index (χ3n) is 3.48. The number of rotatable bonds is 0. The standard InChI is InChI=1S/C12H14N2O5.C2H2/c1-6-2-14-8(19-5-6)4-13-3-7(15)10(16)11(17)9(13)12(14)18;1-2/h3,6,8,15,17H,2,4-5H2,1H3;1-2H/t6-,8?;/m0./s1. The van der Waals surface area contributed by atoms with E-state index in [0.717, 1.165) is 6.20 Å². The minimum Gasteiger partial charge on any atom is -0.503 e. The third-order valence-corrected chi connectivity index (χ3v) is 3.48. The Balaban J connectivity index is 0.000000774. The van der Waals surface area contributed by atoms with Crippen molar-refractivity contribution in [2.45, 2.75) is 19.7 Å². The summed E-state index contributed by atoms with van der Waals surface area (Å²) >= 11 is 0. The van der Waals surface area contributed by atoms with E-state index in [1.54, 1.807) is 0 Å². The first-order valence-electron chi connectivity index (χ1n) is 6.40. The van der Waals surface area contributed by atoms with Gasteiger partial charge in [-0.1, -0.05) is 6.92 Å². The molecule has 1 amide bonds. The number of nitrogens with zero attached hydrogens (tertiary/aromatic N) is 2. The molecule has 0 bridgehead atoms. The summed E-state index contributed by atoms with van der Waals surface area (Å²) in [7, 11) is 0. The van der Waals surface area contributed by atoms with Crippen LogP contribution in [0.1, 0.15) is 17.4 Å². The van der Waals surface area contributed by atoms with Gasteiger partial charge in [0.15, 0.2) is 23.4 Å². The Hall–Kier alpha value is -2.46. The quantitative estimate of drug-likeness (QED) is 0.654. The van der Waals surface area contributed by atoms with Gasteiger partial charge in [-0.2, -0.15) is 0 Å². The van der Waals surface area contributed by atoms with Crippen molar-refractivity contribution >= 4 is 5.91 Å². The molecule has 7 nitrogen and oxygen atoms in total. The summed E-state index contributed by atoms with van der Waals surface area (Å²) in [6, 6.07) is 0. The molecule has 0 radical (unpaired) electrons. The maximum Gasteiger partial charge on any atom is 0.276 e. The normalized spacial score (nSPS) is 23.6. The van der Waals surface area contributed by atoms with E-state index in [1.165, 1.54) is 9.47 Å². The van der Waals surface area contributed by atoms with Crippen molar-refractivity contribution in [2.24, 2.45) is 5.92 Å². The summed E-state index contributed by atoms with van der Waals surface area (Å²) in [4.78, 5) is 25.3. The Morgan fingerprint density at radius 3 is 2.62 bits per heavy atom. The number of fused-ring (bicyclic) bond motifs is 2. The molecule has 3 heterocycles. The molecule has 1 aromatic heterocycles. The van der Waals surface area contributed by atoms with Gasteiger partial charge in [0.05, 0.1) is 19.3 Å². The van der Waals surface area contributed by atoms with Gasteiger partial charge < -0.3 is 24.4 Å². The number of hydrogen-bond donors (Lipinski definition) is 2. The SMILES string of the molecule is C#C.C[C@@H]1COC2Cn3cc(O)c(=O)c(O)c3C(=O)N2C1. The molecule has 1 unspecified atom stereocenters. The average Bonchev–Trinajstić information content (AvgIpc) is 2.48. The lowest BCUT2D eigenvalue weighted by Crippen LogP contribution is -2.55. The van der Waals surface area contributed by atoms with Crippen molar-refractivity contribution in [3.63, 3.8) is 0 Å². The number of carbonyl (C=O) groups is 1. The van der Waals surface area contributed by atoms with Crippen molar-refractivity contribution in [1.82, 2.24) is 9.47 Å². The minimum atomic E-state index is -0.927. The van der Waals surface area contributed by atoms with Gasteiger partial charge >= 0.3 is 0 Å². The van der Waals surface area contributed by atoms with E-state index in [2.05, 4.69) is 12.8 Å². The van der Waals surface area contributed by atoms with Gasteiger partial charge in [-0.05, 0) is 5.92 Å². The van der Waals surface area contributed by atoms with Gasteiger partial charge in [-0.25, -0.2) is 0 Å². The molecular formula is C14H16N2O5. The van der Waals surface area contributed by atoms with E-state index in [9.17, 15) is 19.8 Å². The molecule has 1 fully saturated rings. The molecule has 1 saturated heterocycles. The molecule has 0 aromatic carbocycles. The third kappa shape index (κ3) is 2.34. The number of amides is 1. The number of hydrogen-bond acceptors (Lipinski definition) is 5. The van der Waals surface area contributed by atoms with Crippen LogP contribution in [-0.4, -0.2) is 45.0 Å². The Labute approximate surface area is 121 Å².